The van der Waals surface area contributed by atoms with Crippen LogP contribution in [0, 0.1) is 0 Å². The van der Waals surface area contributed by atoms with Crippen LogP contribution in [-0.2, 0) is 0 Å². The van der Waals surface area contributed by atoms with Gasteiger partial charge in [-0.2, -0.15) is 18.3 Å². The van der Waals surface area contributed by atoms with Crippen molar-refractivity contribution in [2.45, 2.75) is 6.18 Å². The van der Waals surface area contributed by atoms with E-state index in [0.717, 1.165) is 33.4 Å². The van der Waals surface area contributed by atoms with Crippen molar-refractivity contribution in [3.8, 4) is 22.3 Å². The molecular formula is C21H13F3N4O2S. The summed E-state index contributed by atoms with van der Waals surface area (Å²) >= 11 is 1.06. The van der Waals surface area contributed by atoms with Crippen molar-refractivity contribution in [2.75, 3.05) is 6.54 Å². The van der Waals surface area contributed by atoms with Crippen LogP contribution < -0.4 is 5.32 Å². The van der Waals surface area contributed by atoms with Crippen molar-refractivity contribution in [3.05, 3.63) is 65.4 Å². The minimum absolute atomic E-state index is 0.184. The molecule has 4 aromatic heterocycles. The third-order valence-corrected chi connectivity index (χ3v) is 5.65. The lowest BCUT2D eigenvalue weighted by atomic mass is 10.1. The van der Waals surface area contributed by atoms with Crippen LogP contribution in [0.15, 0.2) is 65.0 Å². The molecule has 156 valence electrons. The first-order chi connectivity index (χ1) is 14.9. The maximum atomic E-state index is 12.3. The molecule has 0 saturated carbocycles. The Morgan fingerprint density at radius 3 is 2.84 bits per heavy atom. The van der Waals surface area contributed by atoms with Crippen LogP contribution >= 0.6 is 11.3 Å². The fraction of sp³-hybridized carbons (Fsp3) is 0.0952. The van der Waals surface area contributed by atoms with Gasteiger partial charge in [0, 0.05) is 28.9 Å². The first kappa shape index (κ1) is 19.3. The number of hydrogen-bond acceptors (Lipinski definition) is 5. The summed E-state index contributed by atoms with van der Waals surface area (Å²) in [6.07, 6.45) is 2.36. The standard InChI is InChI=1S/C21H13F3N4O2S/c22-21(23,24)11-26-20(29)18-6-14(10-31-18)16-8-27-28-9-15(7-25-19(16)28)12-1-2-17-13(5-12)3-4-30-17/h1-10H,11H2,(H,26,29). The summed E-state index contributed by atoms with van der Waals surface area (Å²) in [6.45, 7) is -1.37. The van der Waals surface area contributed by atoms with Crippen molar-refractivity contribution in [1.82, 2.24) is 19.9 Å². The van der Waals surface area contributed by atoms with Gasteiger partial charge in [-0.1, -0.05) is 6.07 Å². The van der Waals surface area contributed by atoms with Gasteiger partial charge in [-0.15, -0.1) is 11.3 Å². The predicted molar refractivity (Wildman–Crippen MR) is 110 cm³/mol. The van der Waals surface area contributed by atoms with E-state index in [1.54, 1.807) is 28.6 Å². The first-order valence-electron chi connectivity index (χ1n) is 9.12. The van der Waals surface area contributed by atoms with Crippen LogP contribution in [0.4, 0.5) is 13.2 Å². The molecule has 0 aliphatic heterocycles. The van der Waals surface area contributed by atoms with Crippen LogP contribution in [0.3, 0.4) is 0 Å². The largest absolute Gasteiger partial charge is 0.464 e. The monoisotopic (exact) mass is 442 g/mol. The average Bonchev–Trinajstić information content (AvgIpc) is 3.48. The third-order valence-electron chi connectivity index (χ3n) is 4.73. The molecule has 4 heterocycles. The highest BCUT2D eigenvalue weighted by atomic mass is 32.1. The summed E-state index contributed by atoms with van der Waals surface area (Å²) in [5.74, 6) is -0.769. The molecule has 0 unspecified atom stereocenters. The van der Waals surface area contributed by atoms with E-state index in [0.29, 0.717) is 16.8 Å². The van der Waals surface area contributed by atoms with Crippen molar-refractivity contribution in [3.63, 3.8) is 0 Å². The molecule has 0 saturated heterocycles. The van der Waals surface area contributed by atoms with Gasteiger partial charge in [0.05, 0.1) is 17.3 Å². The lowest BCUT2D eigenvalue weighted by Crippen LogP contribution is -2.33. The fourth-order valence-electron chi connectivity index (χ4n) is 3.24. The van der Waals surface area contributed by atoms with E-state index in [4.69, 9.17) is 4.42 Å². The van der Waals surface area contributed by atoms with E-state index in [1.165, 1.54) is 6.07 Å². The van der Waals surface area contributed by atoms with Crippen LogP contribution in [-0.4, -0.2) is 33.2 Å². The maximum absolute atomic E-state index is 12.3. The lowest BCUT2D eigenvalue weighted by molar-refractivity contribution is -0.123. The number of amides is 1. The zero-order valence-corrected chi connectivity index (χ0v) is 16.5. The molecule has 0 atom stereocenters. The summed E-state index contributed by atoms with van der Waals surface area (Å²) in [7, 11) is 0. The molecule has 6 nitrogen and oxygen atoms in total. The van der Waals surface area contributed by atoms with E-state index in [9.17, 15) is 18.0 Å². The van der Waals surface area contributed by atoms with E-state index in [1.807, 2.05) is 35.8 Å². The molecule has 0 radical (unpaired) electrons. The minimum atomic E-state index is -4.46. The number of rotatable bonds is 4. The Hall–Kier alpha value is -3.66. The van der Waals surface area contributed by atoms with Crippen molar-refractivity contribution >= 4 is 33.9 Å². The van der Waals surface area contributed by atoms with Crippen molar-refractivity contribution in [2.24, 2.45) is 0 Å². The summed E-state index contributed by atoms with van der Waals surface area (Å²) in [5, 5.41) is 8.90. The van der Waals surface area contributed by atoms with E-state index in [-0.39, 0.29) is 4.88 Å². The second-order valence-electron chi connectivity index (χ2n) is 6.84. The van der Waals surface area contributed by atoms with Gasteiger partial charge in [0.1, 0.15) is 12.1 Å². The molecule has 0 fully saturated rings. The smallest absolute Gasteiger partial charge is 0.405 e. The lowest BCUT2D eigenvalue weighted by Gasteiger charge is -2.06. The molecular weight excluding hydrogens is 429 g/mol. The molecule has 0 aliphatic carbocycles. The topological polar surface area (TPSA) is 72.4 Å². The second kappa shape index (κ2) is 7.24. The Kier molecular flexibility index (Phi) is 4.51. The number of hydrogen-bond donors (Lipinski definition) is 1. The fourth-order valence-corrected chi connectivity index (χ4v) is 4.06. The molecule has 0 bridgehead atoms. The molecule has 10 heteroatoms. The number of aromatic nitrogens is 3. The highest BCUT2D eigenvalue weighted by Gasteiger charge is 2.28. The number of nitrogens with zero attached hydrogens (tertiary/aromatic N) is 3. The molecule has 0 aliphatic rings. The number of fused-ring (bicyclic) bond motifs is 2. The normalized spacial score (nSPS) is 12.0. The van der Waals surface area contributed by atoms with Gasteiger partial charge in [-0.3, -0.25) is 4.79 Å². The van der Waals surface area contributed by atoms with Gasteiger partial charge in [0.2, 0.25) is 0 Å². The minimum Gasteiger partial charge on any atom is -0.464 e. The number of furan rings is 1. The average molecular weight is 442 g/mol. The number of carbonyl (C=O) groups excluding carboxylic acids is 1. The van der Waals surface area contributed by atoms with Gasteiger partial charge in [0.15, 0.2) is 5.65 Å². The maximum Gasteiger partial charge on any atom is 0.405 e. The van der Waals surface area contributed by atoms with Crippen LogP contribution in [0.25, 0.3) is 38.9 Å². The Bertz CT molecular complexity index is 1420. The SMILES string of the molecule is O=C(NCC(F)(F)F)c1cc(-c2cnn3cc(-c4ccc5occc5c4)cnc23)cs1. The number of halogens is 3. The Balaban J connectivity index is 1.43. The zero-order chi connectivity index (χ0) is 21.6. The zero-order valence-electron chi connectivity index (χ0n) is 15.7. The summed E-state index contributed by atoms with van der Waals surface area (Å²) in [6, 6.07) is 9.24. The van der Waals surface area contributed by atoms with Crippen LogP contribution in [0.2, 0.25) is 0 Å². The number of benzene rings is 1. The molecule has 1 amide bonds. The number of carbonyl (C=O) groups is 1. The summed E-state index contributed by atoms with van der Waals surface area (Å²) in [4.78, 5) is 16.7. The third kappa shape index (κ3) is 3.77. The van der Waals surface area contributed by atoms with E-state index >= 15 is 0 Å². The van der Waals surface area contributed by atoms with Gasteiger partial charge in [-0.25, -0.2) is 9.50 Å². The second-order valence-corrected chi connectivity index (χ2v) is 7.75. The summed E-state index contributed by atoms with van der Waals surface area (Å²) < 4.78 is 43.9. The first-order valence-corrected chi connectivity index (χ1v) is 10.0. The molecule has 31 heavy (non-hydrogen) atoms. The number of nitrogens with one attached hydrogen (secondary N) is 1. The van der Waals surface area contributed by atoms with Gasteiger partial charge >= 0.3 is 6.18 Å². The molecule has 1 aromatic carbocycles. The number of alkyl halides is 3. The quantitative estimate of drug-likeness (QED) is 0.417. The molecule has 1 N–H and O–H groups in total. The van der Waals surface area contributed by atoms with Gasteiger partial charge in [0.25, 0.3) is 5.91 Å². The van der Waals surface area contributed by atoms with E-state index < -0.39 is 18.6 Å². The van der Waals surface area contributed by atoms with Crippen LogP contribution in [0.5, 0.6) is 0 Å². The van der Waals surface area contributed by atoms with Crippen molar-refractivity contribution in [1.29, 1.82) is 0 Å². The Morgan fingerprint density at radius 1 is 1.13 bits per heavy atom. The highest BCUT2D eigenvalue weighted by Crippen LogP contribution is 2.30. The van der Waals surface area contributed by atoms with E-state index in [2.05, 4.69) is 10.1 Å². The highest BCUT2D eigenvalue weighted by molar-refractivity contribution is 7.12. The Morgan fingerprint density at radius 2 is 2.00 bits per heavy atom. The van der Waals surface area contributed by atoms with Gasteiger partial charge < -0.3 is 9.73 Å². The number of thiophene rings is 1. The van der Waals surface area contributed by atoms with Crippen molar-refractivity contribution < 1.29 is 22.4 Å². The Labute approximate surface area is 176 Å². The van der Waals surface area contributed by atoms with Gasteiger partial charge in [-0.05, 0) is 40.8 Å². The predicted octanol–water partition coefficient (Wildman–Crippen LogP) is 5.16. The van der Waals surface area contributed by atoms with Crippen LogP contribution in [0.1, 0.15) is 9.67 Å². The molecule has 0 spiro atoms. The summed E-state index contributed by atoms with van der Waals surface area (Å²) in [5.41, 5.74) is 4.54. The molecule has 5 rings (SSSR count). The molecule has 5 aromatic rings.